The number of hydrogen-bond acceptors (Lipinski definition) is 4. The normalized spacial score (nSPS) is 29.8. The minimum atomic E-state index is 0.231. The van der Waals surface area contributed by atoms with Gasteiger partial charge in [-0.3, -0.25) is 4.98 Å². The Kier molecular flexibility index (Phi) is 4.06. The summed E-state index contributed by atoms with van der Waals surface area (Å²) in [5.41, 5.74) is 2.53. The van der Waals surface area contributed by atoms with Crippen LogP contribution in [0.3, 0.4) is 0 Å². The molecule has 20 heavy (non-hydrogen) atoms. The topological polar surface area (TPSA) is 34.6 Å². The van der Waals surface area contributed by atoms with Gasteiger partial charge in [0.25, 0.3) is 0 Å². The summed E-state index contributed by atoms with van der Waals surface area (Å²) in [6.45, 7) is 7.92. The Bertz CT molecular complexity index is 466. The molecule has 0 aromatic carbocycles. The van der Waals surface area contributed by atoms with Gasteiger partial charge in [0, 0.05) is 55.9 Å². The predicted molar refractivity (Wildman–Crippen MR) is 77.7 cm³/mol. The summed E-state index contributed by atoms with van der Waals surface area (Å²) in [4.78, 5) is 7.14. The van der Waals surface area contributed by atoms with Crippen molar-refractivity contribution in [2.45, 2.75) is 13.3 Å². The summed E-state index contributed by atoms with van der Waals surface area (Å²) in [5.74, 6) is 0.632. The van der Waals surface area contributed by atoms with Crippen LogP contribution in [0.25, 0.3) is 0 Å². The molecule has 2 saturated heterocycles. The monoisotopic (exact) mass is 276 g/mol. The molecule has 0 radical (unpaired) electrons. The first-order valence-electron chi connectivity index (χ1n) is 7.43. The highest BCUT2D eigenvalue weighted by Gasteiger charge is 2.50. The lowest BCUT2D eigenvalue weighted by molar-refractivity contribution is 0.0542. The van der Waals surface area contributed by atoms with Crippen LogP contribution in [0.5, 0.6) is 0 Å². The number of fused-ring (bicyclic) bond motifs is 1. The van der Waals surface area contributed by atoms with Gasteiger partial charge in [-0.1, -0.05) is 6.07 Å². The van der Waals surface area contributed by atoms with E-state index in [1.165, 1.54) is 5.69 Å². The number of likely N-dealkylation sites (tertiary alicyclic amines) is 1. The van der Waals surface area contributed by atoms with E-state index in [0.29, 0.717) is 5.92 Å². The molecule has 0 saturated carbocycles. The zero-order valence-corrected chi connectivity index (χ0v) is 12.5. The predicted octanol–water partition coefficient (Wildman–Crippen LogP) is 1.53. The molecule has 1 aromatic rings. The smallest absolute Gasteiger partial charge is 0.0561 e. The minimum absolute atomic E-state index is 0.231. The number of nitrogens with zero attached hydrogens (tertiary/aromatic N) is 2. The molecule has 2 fully saturated rings. The van der Waals surface area contributed by atoms with E-state index >= 15 is 0 Å². The lowest BCUT2D eigenvalue weighted by Crippen LogP contribution is -2.35. The third-order valence-electron chi connectivity index (χ3n) is 4.65. The molecule has 0 unspecified atom stereocenters. The first-order chi connectivity index (χ1) is 9.72. The highest BCUT2D eigenvalue weighted by atomic mass is 16.5. The second-order valence-corrected chi connectivity index (χ2v) is 6.26. The molecule has 0 N–H and O–H groups in total. The maximum atomic E-state index is 5.68. The summed E-state index contributed by atoms with van der Waals surface area (Å²) in [5, 5.41) is 0. The largest absolute Gasteiger partial charge is 0.384 e. The quantitative estimate of drug-likeness (QED) is 0.817. The Morgan fingerprint density at radius 3 is 3.20 bits per heavy atom. The molecule has 4 nitrogen and oxygen atoms in total. The third-order valence-corrected chi connectivity index (χ3v) is 4.65. The van der Waals surface area contributed by atoms with Crippen molar-refractivity contribution in [2.75, 3.05) is 46.6 Å². The highest BCUT2D eigenvalue weighted by molar-refractivity contribution is 5.10. The minimum Gasteiger partial charge on any atom is -0.384 e. The summed E-state index contributed by atoms with van der Waals surface area (Å²) in [6, 6.07) is 6.27. The van der Waals surface area contributed by atoms with Gasteiger partial charge in [-0.2, -0.15) is 0 Å². The van der Waals surface area contributed by atoms with Crippen LogP contribution in [0, 0.1) is 18.3 Å². The Labute approximate surface area is 121 Å². The first kappa shape index (κ1) is 14.0. The van der Waals surface area contributed by atoms with Gasteiger partial charge in [0.2, 0.25) is 0 Å². The SMILES string of the molecule is COC[C@@]12COC[C@@H]1CN(CCc1cccc(C)n1)C2. The molecule has 2 atom stereocenters. The lowest BCUT2D eigenvalue weighted by Gasteiger charge is -2.26. The zero-order chi connectivity index (χ0) is 14.0. The fourth-order valence-corrected chi connectivity index (χ4v) is 3.62. The van der Waals surface area contributed by atoms with E-state index in [0.717, 1.165) is 51.6 Å². The van der Waals surface area contributed by atoms with Gasteiger partial charge < -0.3 is 14.4 Å². The Morgan fingerprint density at radius 1 is 1.50 bits per heavy atom. The van der Waals surface area contributed by atoms with Crippen molar-refractivity contribution in [2.24, 2.45) is 11.3 Å². The molecule has 2 aliphatic rings. The summed E-state index contributed by atoms with van der Waals surface area (Å²) in [7, 11) is 1.80. The molecule has 0 amide bonds. The fraction of sp³-hybridized carbons (Fsp3) is 0.688. The van der Waals surface area contributed by atoms with Crippen molar-refractivity contribution in [3.63, 3.8) is 0 Å². The van der Waals surface area contributed by atoms with Crippen molar-refractivity contribution >= 4 is 0 Å². The Balaban J connectivity index is 1.58. The average molecular weight is 276 g/mol. The van der Waals surface area contributed by atoms with Crippen LogP contribution < -0.4 is 0 Å². The number of pyridine rings is 1. The second-order valence-electron chi connectivity index (χ2n) is 6.26. The van der Waals surface area contributed by atoms with Gasteiger partial charge in [0.15, 0.2) is 0 Å². The zero-order valence-electron chi connectivity index (χ0n) is 12.5. The van der Waals surface area contributed by atoms with Crippen LogP contribution in [0.1, 0.15) is 11.4 Å². The molecule has 0 bridgehead atoms. The maximum Gasteiger partial charge on any atom is 0.0561 e. The molecule has 0 spiro atoms. The van der Waals surface area contributed by atoms with Crippen molar-refractivity contribution < 1.29 is 9.47 Å². The fourth-order valence-electron chi connectivity index (χ4n) is 3.62. The molecular formula is C16H24N2O2. The van der Waals surface area contributed by atoms with Crippen LogP contribution in [-0.4, -0.2) is 56.4 Å². The molecule has 0 aliphatic carbocycles. The number of hydrogen-bond donors (Lipinski definition) is 0. The van der Waals surface area contributed by atoms with Crippen LogP contribution >= 0.6 is 0 Å². The van der Waals surface area contributed by atoms with Crippen LogP contribution in [0.2, 0.25) is 0 Å². The van der Waals surface area contributed by atoms with Gasteiger partial charge in [0.05, 0.1) is 19.8 Å². The summed E-state index contributed by atoms with van der Waals surface area (Å²) >= 11 is 0. The molecule has 3 heterocycles. The molecular weight excluding hydrogens is 252 g/mol. The van der Waals surface area contributed by atoms with E-state index in [1.807, 2.05) is 0 Å². The van der Waals surface area contributed by atoms with E-state index in [-0.39, 0.29) is 5.41 Å². The number of aromatic nitrogens is 1. The van der Waals surface area contributed by atoms with Crippen molar-refractivity contribution in [1.82, 2.24) is 9.88 Å². The number of rotatable bonds is 5. The first-order valence-corrected chi connectivity index (χ1v) is 7.43. The highest BCUT2D eigenvalue weighted by Crippen LogP contribution is 2.41. The van der Waals surface area contributed by atoms with Gasteiger partial charge >= 0.3 is 0 Å². The van der Waals surface area contributed by atoms with Gasteiger partial charge in [-0.05, 0) is 19.1 Å². The second kappa shape index (κ2) is 5.80. The van der Waals surface area contributed by atoms with Gasteiger partial charge in [-0.25, -0.2) is 0 Å². The Morgan fingerprint density at radius 2 is 2.40 bits per heavy atom. The van der Waals surface area contributed by atoms with Crippen LogP contribution in [0.4, 0.5) is 0 Å². The molecule has 110 valence electrons. The molecule has 4 heteroatoms. The van der Waals surface area contributed by atoms with E-state index in [4.69, 9.17) is 9.47 Å². The Hall–Kier alpha value is -0.970. The van der Waals surface area contributed by atoms with Crippen LogP contribution in [0.15, 0.2) is 18.2 Å². The standard InChI is InChI=1S/C16H24N2O2/c1-13-4-3-5-15(17-13)6-7-18-8-14-9-20-12-16(14,10-18)11-19-2/h3-5,14H,6-12H2,1-2H3/t14-,16-/m0/s1. The van der Waals surface area contributed by atoms with E-state index < -0.39 is 0 Å². The van der Waals surface area contributed by atoms with E-state index in [9.17, 15) is 0 Å². The van der Waals surface area contributed by atoms with Crippen molar-refractivity contribution in [3.8, 4) is 0 Å². The molecule has 3 rings (SSSR count). The number of ether oxygens (including phenoxy) is 2. The van der Waals surface area contributed by atoms with E-state index in [1.54, 1.807) is 7.11 Å². The van der Waals surface area contributed by atoms with Gasteiger partial charge in [0.1, 0.15) is 0 Å². The maximum absolute atomic E-state index is 5.68. The molecule has 1 aromatic heterocycles. The third kappa shape index (κ3) is 2.73. The number of methoxy groups -OCH3 is 1. The summed E-state index contributed by atoms with van der Waals surface area (Å²) in [6.07, 6.45) is 1.03. The van der Waals surface area contributed by atoms with Crippen molar-refractivity contribution in [1.29, 1.82) is 0 Å². The number of aryl methyl sites for hydroxylation is 1. The lowest BCUT2D eigenvalue weighted by atomic mass is 9.82. The van der Waals surface area contributed by atoms with Crippen LogP contribution in [-0.2, 0) is 15.9 Å². The average Bonchev–Trinajstić information content (AvgIpc) is 2.93. The van der Waals surface area contributed by atoms with E-state index in [2.05, 4.69) is 35.0 Å². The summed E-state index contributed by atoms with van der Waals surface area (Å²) < 4.78 is 11.1. The van der Waals surface area contributed by atoms with Crippen molar-refractivity contribution in [3.05, 3.63) is 29.6 Å². The molecule has 2 aliphatic heterocycles. The van der Waals surface area contributed by atoms with Gasteiger partial charge in [-0.15, -0.1) is 0 Å².